The Morgan fingerprint density at radius 1 is 0.360 bits per heavy atom. The van der Waals surface area contributed by atoms with Crippen molar-refractivity contribution in [3.05, 3.63) is 36.5 Å². The molecule has 2 unspecified atom stereocenters. The molecule has 0 aliphatic carbocycles. The van der Waals surface area contributed by atoms with Crippen molar-refractivity contribution in [2.75, 3.05) is 13.2 Å². The summed E-state index contributed by atoms with van der Waals surface area (Å²) in [4.78, 5) is 24.5. The van der Waals surface area contributed by atoms with Gasteiger partial charge in [0.05, 0.1) is 25.4 Å². The number of carbonyl (C=O) groups is 2. The second-order valence-electron chi connectivity index (χ2n) is 23.1. The molecule has 3 N–H and O–H groups in total. The van der Waals surface area contributed by atoms with E-state index in [9.17, 15) is 19.8 Å². The summed E-state index contributed by atoms with van der Waals surface area (Å²) in [6.45, 7) is 4.89. The number of esters is 1. The fourth-order valence-electron chi connectivity index (χ4n) is 10.4. The molecular formula is C69H131NO5. The van der Waals surface area contributed by atoms with E-state index in [0.29, 0.717) is 19.4 Å². The Kier molecular flexibility index (Phi) is 63.0. The van der Waals surface area contributed by atoms with Gasteiger partial charge in [-0.15, -0.1) is 0 Å². The smallest absolute Gasteiger partial charge is 0.305 e. The van der Waals surface area contributed by atoms with Crippen LogP contribution in [0.5, 0.6) is 0 Å². The Morgan fingerprint density at radius 3 is 0.947 bits per heavy atom. The maximum atomic E-state index is 12.4. The van der Waals surface area contributed by atoms with Crippen LogP contribution in [0.1, 0.15) is 367 Å². The number of hydrogen-bond donors (Lipinski definition) is 3. The summed E-state index contributed by atoms with van der Waals surface area (Å²) in [6, 6.07) is -0.624. The Morgan fingerprint density at radius 2 is 0.627 bits per heavy atom. The number of hydrogen-bond acceptors (Lipinski definition) is 5. The van der Waals surface area contributed by atoms with Gasteiger partial charge in [0.15, 0.2) is 0 Å². The van der Waals surface area contributed by atoms with E-state index >= 15 is 0 Å². The molecule has 0 aliphatic heterocycles. The summed E-state index contributed by atoms with van der Waals surface area (Å²) >= 11 is 0. The minimum Gasteiger partial charge on any atom is -0.466 e. The van der Waals surface area contributed by atoms with Crippen LogP contribution >= 0.6 is 0 Å². The zero-order valence-corrected chi connectivity index (χ0v) is 50.5. The molecular weight excluding hydrogens is 923 g/mol. The predicted octanol–water partition coefficient (Wildman–Crippen LogP) is 21.5. The highest BCUT2D eigenvalue weighted by Crippen LogP contribution is 2.18. The average molecular weight is 1050 g/mol. The van der Waals surface area contributed by atoms with Gasteiger partial charge in [0.25, 0.3) is 0 Å². The van der Waals surface area contributed by atoms with Crippen LogP contribution in [0.2, 0.25) is 0 Å². The van der Waals surface area contributed by atoms with E-state index in [4.69, 9.17) is 4.74 Å². The van der Waals surface area contributed by atoms with Gasteiger partial charge in [-0.2, -0.15) is 0 Å². The van der Waals surface area contributed by atoms with Gasteiger partial charge in [-0.3, -0.25) is 9.59 Å². The van der Waals surface area contributed by atoms with Crippen LogP contribution in [-0.4, -0.2) is 47.4 Å². The average Bonchev–Trinajstić information content (AvgIpc) is 3.41. The van der Waals surface area contributed by atoms with Crippen LogP contribution in [0, 0.1) is 0 Å². The Hall–Kier alpha value is -1.92. The van der Waals surface area contributed by atoms with E-state index < -0.39 is 12.1 Å². The first-order chi connectivity index (χ1) is 37.0. The van der Waals surface area contributed by atoms with E-state index in [1.54, 1.807) is 6.08 Å². The third-order valence-corrected chi connectivity index (χ3v) is 15.6. The number of allylic oxidation sites excluding steroid dienone is 5. The standard InChI is InChI=1S/C69H131NO5/c1-3-5-7-9-11-13-15-16-36-40-43-47-51-55-59-63-69(74)75-64-60-56-52-48-44-41-38-35-33-31-29-27-25-23-21-19-17-18-20-22-24-26-28-30-32-34-37-39-42-46-50-54-58-62-68(73)70-66(65-71)67(72)61-57-53-49-45-14-12-10-8-6-4-2/h16,21,23,36,57,61,66-67,71-72H,3-15,17-20,22,24-35,37-56,58-60,62-65H2,1-2H3,(H,70,73)/b23-21-,36-16-,61-57+. The maximum absolute atomic E-state index is 12.4. The number of carbonyl (C=O) groups excluding carboxylic acids is 2. The lowest BCUT2D eigenvalue weighted by Crippen LogP contribution is -2.45. The lowest BCUT2D eigenvalue weighted by Gasteiger charge is -2.20. The molecule has 6 heteroatoms. The maximum Gasteiger partial charge on any atom is 0.305 e. The number of ether oxygens (including phenoxy) is 1. The molecule has 0 aromatic heterocycles. The van der Waals surface area contributed by atoms with Crippen LogP contribution in [0.15, 0.2) is 36.5 Å². The summed E-state index contributed by atoms with van der Waals surface area (Å²) in [5, 5.41) is 23.0. The third kappa shape index (κ3) is 61.2. The molecule has 0 bridgehead atoms. The van der Waals surface area contributed by atoms with Crippen LogP contribution in [0.3, 0.4) is 0 Å². The Labute approximate surface area is 468 Å². The van der Waals surface area contributed by atoms with E-state index in [1.807, 2.05) is 6.08 Å². The summed E-state index contributed by atoms with van der Waals surface area (Å²) in [7, 11) is 0. The highest BCUT2D eigenvalue weighted by atomic mass is 16.5. The monoisotopic (exact) mass is 1050 g/mol. The second-order valence-corrected chi connectivity index (χ2v) is 23.1. The van der Waals surface area contributed by atoms with E-state index in [-0.39, 0.29) is 18.5 Å². The summed E-state index contributed by atoms with van der Waals surface area (Å²) < 4.78 is 5.49. The van der Waals surface area contributed by atoms with Crippen LogP contribution in [-0.2, 0) is 14.3 Å². The molecule has 6 nitrogen and oxygen atoms in total. The first kappa shape index (κ1) is 73.1. The summed E-state index contributed by atoms with van der Waals surface area (Å²) in [5.41, 5.74) is 0. The second kappa shape index (κ2) is 64.6. The minimum absolute atomic E-state index is 0.0106. The molecule has 2 atom stereocenters. The molecule has 0 saturated heterocycles. The van der Waals surface area contributed by atoms with Gasteiger partial charge in [-0.25, -0.2) is 0 Å². The molecule has 1 amide bonds. The third-order valence-electron chi connectivity index (χ3n) is 15.6. The Bertz CT molecular complexity index is 1210. The van der Waals surface area contributed by atoms with Crippen LogP contribution in [0.4, 0.5) is 0 Å². The number of unbranched alkanes of at least 4 members (excludes halogenated alkanes) is 48. The van der Waals surface area contributed by atoms with Crippen molar-refractivity contribution < 1.29 is 24.5 Å². The van der Waals surface area contributed by atoms with Gasteiger partial charge in [-0.05, 0) is 83.5 Å². The van der Waals surface area contributed by atoms with Crippen molar-refractivity contribution in [2.24, 2.45) is 0 Å². The molecule has 0 aliphatic rings. The predicted molar refractivity (Wildman–Crippen MR) is 329 cm³/mol. The van der Waals surface area contributed by atoms with Crippen molar-refractivity contribution in [2.45, 2.75) is 379 Å². The molecule has 0 saturated carbocycles. The normalized spacial score (nSPS) is 12.7. The SMILES string of the molecule is CCCCCCCC/C=C\CCCCCCCC(=O)OCCCCCCCCCCCCCC/C=C\CCCCCCCCCCCCCCCCCCCC(=O)NC(CO)C(O)/C=C/CCCCCCCCCC. The van der Waals surface area contributed by atoms with Gasteiger partial charge in [-0.1, -0.05) is 307 Å². The number of nitrogens with one attached hydrogen (secondary N) is 1. The lowest BCUT2D eigenvalue weighted by atomic mass is 10.0. The highest BCUT2D eigenvalue weighted by Gasteiger charge is 2.18. The van der Waals surface area contributed by atoms with Crippen molar-refractivity contribution >= 4 is 11.9 Å². The number of aliphatic hydroxyl groups excluding tert-OH is 2. The van der Waals surface area contributed by atoms with Crippen LogP contribution < -0.4 is 5.32 Å². The lowest BCUT2D eigenvalue weighted by molar-refractivity contribution is -0.143. The number of rotatable bonds is 63. The van der Waals surface area contributed by atoms with E-state index in [0.717, 1.165) is 44.9 Å². The number of amides is 1. The number of aliphatic hydroxyl groups is 2. The van der Waals surface area contributed by atoms with E-state index in [1.165, 1.54) is 295 Å². The summed E-state index contributed by atoms with van der Waals surface area (Å²) in [6.07, 6.45) is 82.3. The topological polar surface area (TPSA) is 95.9 Å². The molecule has 0 aromatic rings. The first-order valence-corrected chi connectivity index (χ1v) is 33.8. The largest absolute Gasteiger partial charge is 0.466 e. The molecule has 0 heterocycles. The minimum atomic E-state index is -0.840. The van der Waals surface area contributed by atoms with E-state index in [2.05, 4.69) is 43.5 Å². The van der Waals surface area contributed by atoms with Crippen molar-refractivity contribution in [3.63, 3.8) is 0 Å². The fourth-order valence-corrected chi connectivity index (χ4v) is 10.4. The zero-order chi connectivity index (χ0) is 54.3. The zero-order valence-electron chi connectivity index (χ0n) is 50.5. The van der Waals surface area contributed by atoms with Gasteiger partial charge < -0.3 is 20.3 Å². The molecule has 0 spiro atoms. The quantitative estimate of drug-likeness (QED) is 0.0320. The molecule has 0 rings (SSSR count). The van der Waals surface area contributed by atoms with Gasteiger partial charge in [0, 0.05) is 12.8 Å². The molecule has 0 fully saturated rings. The highest BCUT2D eigenvalue weighted by molar-refractivity contribution is 5.76. The van der Waals surface area contributed by atoms with Gasteiger partial charge in [0.2, 0.25) is 5.91 Å². The molecule has 75 heavy (non-hydrogen) atoms. The van der Waals surface area contributed by atoms with Crippen molar-refractivity contribution in [3.8, 4) is 0 Å². The molecule has 0 aromatic carbocycles. The first-order valence-electron chi connectivity index (χ1n) is 33.8. The van der Waals surface area contributed by atoms with Gasteiger partial charge in [0.1, 0.15) is 0 Å². The fraction of sp³-hybridized carbons (Fsp3) is 0.884. The van der Waals surface area contributed by atoms with Crippen molar-refractivity contribution in [1.82, 2.24) is 5.32 Å². The molecule has 442 valence electrons. The summed E-state index contributed by atoms with van der Waals surface area (Å²) in [5.74, 6) is -0.0552. The van der Waals surface area contributed by atoms with Gasteiger partial charge >= 0.3 is 5.97 Å². The Balaban J connectivity index is 3.33. The van der Waals surface area contributed by atoms with Crippen LogP contribution in [0.25, 0.3) is 0 Å². The molecule has 0 radical (unpaired) electrons. The van der Waals surface area contributed by atoms with Crippen molar-refractivity contribution in [1.29, 1.82) is 0 Å².